The van der Waals surface area contributed by atoms with Gasteiger partial charge in [-0.25, -0.2) is 4.39 Å². The number of aryl methyl sites for hydroxylation is 1. The van der Waals surface area contributed by atoms with Gasteiger partial charge in [0.15, 0.2) is 6.61 Å². The Morgan fingerprint density at radius 2 is 1.74 bits per heavy atom. The lowest BCUT2D eigenvalue weighted by molar-refractivity contribution is -0.140. The monoisotopic (exact) mass is 526 g/mol. The van der Waals surface area contributed by atoms with Crippen LogP contribution in [-0.2, 0) is 14.4 Å². The van der Waals surface area contributed by atoms with E-state index in [1.807, 2.05) is 36.6 Å². The van der Waals surface area contributed by atoms with Crippen LogP contribution in [0.25, 0.3) is 5.69 Å². The summed E-state index contributed by atoms with van der Waals surface area (Å²) in [6.07, 6.45) is 6.60. The first-order chi connectivity index (χ1) is 18.8. The summed E-state index contributed by atoms with van der Waals surface area (Å²) in [7, 11) is 0. The smallest absolute Gasteiger partial charge is 0.262 e. The van der Waals surface area contributed by atoms with Gasteiger partial charge in [0, 0.05) is 28.3 Å². The van der Waals surface area contributed by atoms with Gasteiger partial charge in [0.05, 0.1) is 18.1 Å². The Hall–Kier alpha value is -4.53. The second-order valence-electron chi connectivity index (χ2n) is 10.2. The van der Waals surface area contributed by atoms with Gasteiger partial charge in [-0.2, -0.15) is 10.1 Å². The largest absolute Gasteiger partial charge is 0.484 e. The molecule has 6 rings (SSSR count). The van der Waals surface area contributed by atoms with Crippen LogP contribution < -0.4 is 10.1 Å². The number of allylic oxidation sites excluding steroid dienone is 2. The molecule has 2 bridgehead atoms. The lowest BCUT2D eigenvalue weighted by atomic mass is 9.85. The number of nitrogens with one attached hydrogen (secondary N) is 1. The fourth-order valence-corrected chi connectivity index (χ4v) is 6.04. The zero-order valence-electron chi connectivity index (χ0n) is 21.5. The van der Waals surface area contributed by atoms with E-state index >= 15 is 0 Å². The summed E-state index contributed by atoms with van der Waals surface area (Å²) in [6.45, 7) is 3.69. The maximum Gasteiger partial charge on any atom is 0.262 e. The molecule has 3 amide bonds. The van der Waals surface area contributed by atoms with Gasteiger partial charge in [-0.15, -0.1) is 0 Å². The first kappa shape index (κ1) is 24.8. The standard InChI is InChI=1S/C30H27FN4O4/c1-17-12-21(15-32-35-29(37)27-19-6-7-20(13-19)28(27)30(35)38)18(2)34(17)24-8-10-25(11-9-24)39-16-26(36)33-23-5-3-4-22(31)14-23/h3-12,14-15,19-20,27-28H,13,16H2,1-2H3,(H,33,36)/t19-,20-,27-,28+/m0/s1. The van der Waals surface area contributed by atoms with Crippen molar-refractivity contribution in [3.8, 4) is 11.4 Å². The van der Waals surface area contributed by atoms with Crippen LogP contribution in [0.4, 0.5) is 10.1 Å². The number of ether oxygens (including phenoxy) is 1. The summed E-state index contributed by atoms with van der Waals surface area (Å²) in [4.78, 5) is 38.0. The minimum atomic E-state index is -0.432. The Morgan fingerprint density at radius 3 is 2.41 bits per heavy atom. The van der Waals surface area contributed by atoms with Gasteiger partial charge in [0.1, 0.15) is 11.6 Å². The van der Waals surface area contributed by atoms with E-state index in [1.54, 1.807) is 24.4 Å². The Kier molecular flexibility index (Phi) is 6.13. The highest BCUT2D eigenvalue weighted by molar-refractivity contribution is 6.06. The third kappa shape index (κ3) is 4.43. The quantitative estimate of drug-likeness (QED) is 0.281. The summed E-state index contributed by atoms with van der Waals surface area (Å²) >= 11 is 0. The molecule has 198 valence electrons. The molecule has 0 unspecified atom stereocenters. The van der Waals surface area contributed by atoms with Crippen molar-refractivity contribution in [1.82, 2.24) is 9.58 Å². The Bertz CT molecular complexity index is 1510. The molecular formula is C30H27FN4O4. The van der Waals surface area contributed by atoms with E-state index in [1.165, 1.54) is 18.2 Å². The normalized spacial score (nSPS) is 23.2. The van der Waals surface area contributed by atoms with E-state index < -0.39 is 11.7 Å². The van der Waals surface area contributed by atoms with Crippen LogP contribution in [0, 0.1) is 43.3 Å². The lowest BCUT2D eigenvalue weighted by Gasteiger charge is -2.13. The molecule has 0 spiro atoms. The van der Waals surface area contributed by atoms with Gasteiger partial charge in [-0.3, -0.25) is 14.4 Å². The van der Waals surface area contributed by atoms with Crippen molar-refractivity contribution in [2.45, 2.75) is 20.3 Å². The second kappa shape index (κ2) is 9.65. The molecule has 3 aromatic rings. The van der Waals surface area contributed by atoms with Crippen molar-refractivity contribution >= 4 is 29.6 Å². The zero-order chi connectivity index (χ0) is 27.3. The van der Waals surface area contributed by atoms with Gasteiger partial charge in [-0.1, -0.05) is 18.2 Å². The van der Waals surface area contributed by atoms with Crippen LogP contribution in [0.2, 0.25) is 0 Å². The molecule has 2 aromatic carbocycles. The summed E-state index contributed by atoms with van der Waals surface area (Å²) in [5.74, 6) is -0.966. The van der Waals surface area contributed by atoms with E-state index in [-0.39, 0.29) is 42.1 Å². The number of carbonyl (C=O) groups excluding carboxylic acids is 3. The molecule has 0 radical (unpaired) electrons. The predicted molar refractivity (Wildman–Crippen MR) is 143 cm³/mol. The fourth-order valence-electron chi connectivity index (χ4n) is 6.04. The maximum absolute atomic E-state index is 13.3. The molecule has 4 atom stereocenters. The van der Waals surface area contributed by atoms with Crippen molar-refractivity contribution in [2.24, 2.45) is 28.8 Å². The van der Waals surface area contributed by atoms with Crippen LogP contribution in [0.5, 0.6) is 5.75 Å². The Labute approximate surface area is 224 Å². The van der Waals surface area contributed by atoms with Crippen molar-refractivity contribution in [3.05, 3.63) is 89.5 Å². The highest BCUT2D eigenvalue weighted by Crippen LogP contribution is 2.52. The molecule has 9 heteroatoms. The number of rotatable bonds is 7. The van der Waals surface area contributed by atoms with E-state index in [0.717, 1.165) is 34.1 Å². The van der Waals surface area contributed by atoms with Gasteiger partial charge in [0.2, 0.25) is 0 Å². The van der Waals surface area contributed by atoms with E-state index in [0.29, 0.717) is 11.4 Å². The molecule has 1 saturated carbocycles. The number of imide groups is 1. The summed E-state index contributed by atoms with van der Waals surface area (Å²) < 4.78 is 20.9. The van der Waals surface area contributed by atoms with Crippen LogP contribution in [0.15, 0.2) is 71.9 Å². The lowest BCUT2D eigenvalue weighted by Crippen LogP contribution is -2.28. The summed E-state index contributed by atoms with van der Waals surface area (Å²) in [5.41, 5.74) is 3.91. The molecule has 39 heavy (non-hydrogen) atoms. The number of nitrogens with zero attached hydrogens (tertiary/aromatic N) is 3. The molecule has 1 aromatic heterocycles. The highest BCUT2D eigenvalue weighted by atomic mass is 19.1. The maximum atomic E-state index is 13.3. The SMILES string of the molecule is Cc1cc(C=NN2C(=O)[C@@H]3[C@H](C2=O)[C@H]2C=C[C@H]3C2)c(C)n1-c1ccc(OCC(=O)Nc2cccc(F)c2)cc1. The third-order valence-electron chi connectivity index (χ3n) is 7.80. The molecule has 2 aliphatic carbocycles. The van der Waals surface area contributed by atoms with Gasteiger partial charge < -0.3 is 14.6 Å². The van der Waals surface area contributed by atoms with Crippen molar-refractivity contribution in [1.29, 1.82) is 0 Å². The zero-order valence-corrected chi connectivity index (χ0v) is 21.5. The number of halogens is 1. The minimum Gasteiger partial charge on any atom is -0.484 e. The van der Waals surface area contributed by atoms with Gasteiger partial charge in [0.25, 0.3) is 17.7 Å². The average molecular weight is 527 g/mol. The first-order valence-corrected chi connectivity index (χ1v) is 12.9. The van der Waals surface area contributed by atoms with Gasteiger partial charge in [-0.05, 0) is 80.6 Å². The van der Waals surface area contributed by atoms with E-state index in [2.05, 4.69) is 22.6 Å². The highest BCUT2D eigenvalue weighted by Gasteiger charge is 2.59. The number of aromatic nitrogens is 1. The number of anilines is 1. The average Bonchev–Trinajstić information content (AvgIpc) is 3.65. The van der Waals surface area contributed by atoms with Crippen LogP contribution in [0.3, 0.4) is 0 Å². The molecule has 1 N–H and O–H groups in total. The van der Waals surface area contributed by atoms with E-state index in [9.17, 15) is 18.8 Å². The molecule has 1 saturated heterocycles. The van der Waals surface area contributed by atoms with Gasteiger partial charge >= 0.3 is 0 Å². The fraction of sp³-hybridized carbons (Fsp3) is 0.267. The summed E-state index contributed by atoms with van der Waals surface area (Å²) in [5, 5.41) is 7.98. The molecule has 1 aliphatic heterocycles. The molecule has 8 nitrogen and oxygen atoms in total. The van der Waals surface area contributed by atoms with Crippen molar-refractivity contribution in [3.63, 3.8) is 0 Å². The van der Waals surface area contributed by atoms with Crippen molar-refractivity contribution in [2.75, 3.05) is 11.9 Å². The molecule has 3 aliphatic rings. The number of hydrazone groups is 1. The van der Waals surface area contributed by atoms with Crippen LogP contribution in [0.1, 0.15) is 23.4 Å². The topological polar surface area (TPSA) is 93.0 Å². The Morgan fingerprint density at radius 1 is 1.05 bits per heavy atom. The van der Waals surface area contributed by atoms with Crippen molar-refractivity contribution < 1.29 is 23.5 Å². The number of carbonyl (C=O) groups is 3. The number of amides is 3. The van der Waals surface area contributed by atoms with E-state index in [4.69, 9.17) is 4.74 Å². The number of fused-ring (bicyclic) bond motifs is 5. The number of hydrogen-bond acceptors (Lipinski definition) is 5. The van der Waals surface area contributed by atoms with Crippen LogP contribution in [-0.4, -0.2) is 40.1 Å². The summed E-state index contributed by atoms with van der Waals surface area (Å²) in [6, 6.07) is 14.9. The third-order valence-corrected chi connectivity index (χ3v) is 7.80. The Balaban J connectivity index is 1.11. The minimum absolute atomic E-state index is 0.150. The molecular weight excluding hydrogens is 499 g/mol. The molecule has 2 fully saturated rings. The number of hydrogen-bond donors (Lipinski definition) is 1. The first-order valence-electron chi connectivity index (χ1n) is 12.9. The number of benzene rings is 2. The van der Waals surface area contributed by atoms with Crippen LogP contribution >= 0.6 is 0 Å². The molecule has 2 heterocycles. The predicted octanol–water partition coefficient (Wildman–Crippen LogP) is 4.39. The second-order valence-corrected chi connectivity index (χ2v) is 10.2.